The molecule has 0 spiro atoms. The van der Waals surface area contributed by atoms with E-state index in [1.54, 1.807) is 0 Å². The van der Waals surface area contributed by atoms with Crippen molar-refractivity contribution in [1.29, 1.82) is 0 Å². The van der Waals surface area contributed by atoms with E-state index in [-0.39, 0.29) is 12.1 Å². The molecule has 32 heavy (non-hydrogen) atoms. The molecule has 5 rings (SSSR count). The van der Waals surface area contributed by atoms with Crippen molar-refractivity contribution in [2.75, 3.05) is 47.2 Å². The summed E-state index contributed by atoms with van der Waals surface area (Å²) in [6.07, 6.45) is 2.04. The molecule has 4 heterocycles. The number of fused-ring (bicyclic) bond motifs is 4. The predicted molar refractivity (Wildman–Crippen MR) is 132 cm³/mol. The van der Waals surface area contributed by atoms with Crippen molar-refractivity contribution in [3.63, 3.8) is 0 Å². The van der Waals surface area contributed by atoms with Gasteiger partial charge in [0.25, 0.3) is 0 Å². The van der Waals surface area contributed by atoms with Crippen LogP contribution in [0, 0.1) is 13.8 Å². The number of rotatable bonds is 3. The second-order valence-electron chi connectivity index (χ2n) is 8.69. The largest absolute Gasteiger partial charge is 0.378 e. The molecule has 1 N–H and O–H groups in total. The molecule has 1 atom stereocenters. The molecule has 2 aliphatic heterocycles. The van der Waals surface area contributed by atoms with E-state index in [9.17, 15) is 4.79 Å². The zero-order valence-electron chi connectivity index (χ0n) is 18.9. The fraction of sp³-hybridized carbons (Fsp3) is 0.375. The number of carbonyl (C=O) groups excluding carboxylic acids is 1. The van der Waals surface area contributed by atoms with E-state index in [1.165, 1.54) is 11.3 Å². The second-order valence-corrected chi connectivity index (χ2v) is 9.89. The van der Waals surface area contributed by atoms with Gasteiger partial charge in [-0.1, -0.05) is 12.1 Å². The van der Waals surface area contributed by atoms with Crippen LogP contribution < -0.4 is 20.0 Å². The molecule has 2 aliphatic rings. The Bertz CT molecular complexity index is 1150. The maximum atomic E-state index is 13.5. The van der Waals surface area contributed by atoms with E-state index in [0.717, 1.165) is 65.0 Å². The number of thiazole rings is 1. The third kappa shape index (κ3) is 3.68. The van der Waals surface area contributed by atoms with Gasteiger partial charge in [-0.25, -0.2) is 14.8 Å². The van der Waals surface area contributed by atoms with Gasteiger partial charge in [-0.15, -0.1) is 11.3 Å². The van der Waals surface area contributed by atoms with Gasteiger partial charge in [-0.2, -0.15) is 0 Å². The third-order valence-corrected chi connectivity index (χ3v) is 7.29. The Hall–Kier alpha value is -3.13. The minimum absolute atomic E-state index is 0.106. The van der Waals surface area contributed by atoms with Crippen LogP contribution in [0.15, 0.2) is 36.4 Å². The Labute approximate surface area is 192 Å². The molecule has 1 saturated heterocycles. The van der Waals surface area contributed by atoms with Gasteiger partial charge in [-0.05, 0) is 51.0 Å². The number of carbonyl (C=O) groups is 1. The fourth-order valence-electron chi connectivity index (χ4n) is 4.47. The van der Waals surface area contributed by atoms with Crippen LogP contribution in [0.5, 0.6) is 0 Å². The SMILES string of the molecule is Cc1nc(NC(=O)N2c3nc(-c4cccc(N(C)C)c4)ccc3N3CCC[C@@H]2C3)sc1C. The average Bonchev–Trinajstić information content (AvgIpc) is 3.10. The summed E-state index contributed by atoms with van der Waals surface area (Å²) in [4.78, 5) is 30.4. The summed E-state index contributed by atoms with van der Waals surface area (Å²) in [6, 6.07) is 12.4. The number of pyridine rings is 1. The topological polar surface area (TPSA) is 64.6 Å². The molecule has 3 aromatic rings. The first-order valence-electron chi connectivity index (χ1n) is 11.0. The minimum Gasteiger partial charge on any atom is -0.378 e. The van der Waals surface area contributed by atoms with Crippen LogP contribution >= 0.6 is 11.3 Å². The molecule has 0 unspecified atom stereocenters. The lowest BCUT2D eigenvalue weighted by Gasteiger charge is -2.45. The molecule has 1 aromatic carbocycles. The van der Waals surface area contributed by atoms with E-state index >= 15 is 0 Å². The van der Waals surface area contributed by atoms with Crippen molar-refractivity contribution >= 4 is 39.7 Å². The third-order valence-electron chi connectivity index (χ3n) is 6.30. The van der Waals surface area contributed by atoms with Crippen LogP contribution in [0.25, 0.3) is 11.3 Å². The highest BCUT2D eigenvalue weighted by Crippen LogP contribution is 2.40. The predicted octanol–water partition coefficient (Wildman–Crippen LogP) is 4.91. The van der Waals surface area contributed by atoms with Crippen molar-refractivity contribution in [3.05, 3.63) is 47.0 Å². The number of hydrogen-bond acceptors (Lipinski definition) is 6. The molecule has 2 amide bonds. The van der Waals surface area contributed by atoms with E-state index in [0.29, 0.717) is 5.13 Å². The summed E-state index contributed by atoms with van der Waals surface area (Å²) in [5, 5.41) is 3.67. The number of nitrogens with one attached hydrogen (secondary N) is 1. The Kier molecular flexibility index (Phi) is 5.25. The maximum Gasteiger partial charge on any atom is 0.329 e. The van der Waals surface area contributed by atoms with Gasteiger partial charge in [0, 0.05) is 43.3 Å². The molecule has 2 aromatic heterocycles. The first-order chi connectivity index (χ1) is 15.4. The molecule has 0 radical (unpaired) electrons. The number of hydrogen-bond donors (Lipinski definition) is 1. The van der Waals surface area contributed by atoms with Gasteiger partial charge in [0.1, 0.15) is 0 Å². The lowest BCUT2D eigenvalue weighted by molar-refractivity contribution is 0.252. The first kappa shape index (κ1) is 20.8. The molecule has 7 nitrogen and oxygen atoms in total. The lowest BCUT2D eigenvalue weighted by atomic mass is 9.99. The van der Waals surface area contributed by atoms with Crippen molar-refractivity contribution in [2.24, 2.45) is 0 Å². The molecule has 0 saturated carbocycles. The monoisotopic (exact) mass is 448 g/mol. The standard InChI is InChI=1S/C24H28N6OS/c1-15-16(2)32-23(25-15)27-24(31)30-19-9-6-12-29(14-19)21-11-10-20(26-22(21)30)17-7-5-8-18(13-17)28(3)4/h5,7-8,10-11,13,19H,6,9,12,14H2,1-4H3,(H,25,27,31)/t19-/m1/s1. The molecular weight excluding hydrogens is 420 g/mol. The summed E-state index contributed by atoms with van der Waals surface area (Å²) < 4.78 is 0. The average molecular weight is 449 g/mol. The highest BCUT2D eigenvalue weighted by atomic mass is 32.1. The van der Waals surface area contributed by atoms with E-state index in [4.69, 9.17) is 4.98 Å². The fourth-order valence-corrected chi connectivity index (χ4v) is 5.27. The highest BCUT2D eigenvalue weighted by Gasteiger charge is 2.38. The van der Waals surface area contributed by atoms with Gasteiger partial charge in [0.15, 0.2) is 10.9 Å². The molecule has 0 aliphatic carbocycles. The smallest absolute Gasteiger partial charge is 0.329 e. The molecule has 1 fully saturated rings. The van der Waals surface area contributed by atoms with Gasteiger partial charge < -0.3 is 9.80 Å². The van der Waals surface area contributed by atoms with Crippen LogP contribution in [0.4, 0.5) is 27.1 Å². The summed E-state index contributed by atoms with van der Waals surface area (Å²) in [6.45, 7) is 5.83. The minimum atomic E-state index is -0.154. The Morgan fingerprint density at radius 2 is 2.03 bits per heavy atom. The molecule has 2 bridgehead atoms. The number of amides is 2. The van der Waals surface area contributed by atoms with Crippen molar-refractivity contribution in [1.82, 2.24) is 9.97 Å². The Balaban J connectivity index is 1.54. The number of piperidine rings is 1. The van der Waals surface area contributed by atoms with Gasteiger partial charge in [-0.3, -0.25) is 10.2 Å². The summed E-state index contributed by atoms with van der Waals surface area (Å²) in [5.74, 6) is 0.733. The summed E-state index contributed by atoms with van der Waals surface area (Å²) in [7, 11) is 4.06. The van der Waals surface area contributed by atoms with E-state index in [1.807, 2.05) is 38.9 Å². The van der Waals surface area contributed by atoms with Gasteiger partial charge in [0.2, 0.25) is 0 Å². The van der Waals surface area contributed by atoms with Crippen molar-refractivity contribution < 1.29 is 4.79 Å². The van der Waals surface area contributed by atoms with Crippen molar-refractivity contribution in [3.8, 4) is 11.3 Å². The number of anilines is 4. The number of aromatic nitrogens is 2. The Morgan fingerprint density at radius 1 is 1.19 bits per heavy atom. The van der Waals surface area contributed by atoms with Crippen LogP contribution in [0.3, 0.4) is 0 Å². The number of urea groups is 1. The summed E-state index contributed by atoms with van der Waals surface area (Å²) in [5.41, 5.74) is 5.00. The maximum absolute atomic E-state index is 13.5. The van der Waals surface area contributed by atoms with Crippen molar-refractivity contribution in [2.45, 2.75) is 32.7 Å². The quantitative estimate of drug-likeness (QED) is 0.617. The van der Waals surface area contributed by atoms with Crippen LogP contribution in [0.1, 0.15) is 23.4 Å². The second kappa shape index (κ2) is 8.09. The summed E-state index contributed by atoms with van der Waals surface area (Å²) >= 11 is 1.51. The van der Waals surface area contributed by atoms with Crippen LogP contribution in [-0.2, 0) is 0 Å². The Morgan fingerprint density at radius 3 is 2.78 bits per heavy atom. The van der Waals surface area contributed by atoms with Crippen LogP contribution in [0.2, 0.25) is 0 Å². The normalized spacial score (nSPS) is 17.2. The zero-order chi connectivity index (χ0) is 22.4. The molecular formula is C24H28N6OS. The first-order valence-corrected chi connectivity index (χ1v) is 11.8. The molecule has 166 valence electrons. The number of benzene rings is 1. The number of aryl methyl sites for hydroxylation is 2. The molecule has 8 heteroatoms. The highest BCUT2D eigenvalue weighted by molar-refractivity contribution is 7.15. The number of nitrogens with zero attached hydrogens (tertiary/aromatic N) is 5. The van der Waals surface area contributed by atoms with Gasteiger partial charge in [0.05, 0.1) is 23.1 Å². The van der Waals surface area contributed by atoms with E-state index < -0.39 is 0 Å². The van der Waals surface area contributed by atoms with Gasteiger partial charge >= 0.3 is 6.03 Å². The van der Waals surface area contributed by atoms with E-state index in [2.05, 4.69) is 50.4 Å². The van der Waals surface area contributed by atoms with Crippen LogP contribution in [-0.4, -0.2) is 49.2 Å². The lowest BCUT2D eigenvalue weighted by Crippen LogP contribution is -2.56. The zero-order valence-corrected chi connectivity index (χ0v) is 19.7.